The summed E-state index contributed by atoms with van der Waals surface area (Å²) in [5.41, 5.74) is 0.308. The number of aliphatic hydroxyl groups is 2. The number of rotatable bonds is 2. The molecule has 0 aromatic heterocycles. The normalized spacial score (nSPS) is 9.25. The van der Waals surface area contributed by atoms with Gasteiger partial charge in [0.05, 0.1) is 0 Å². The molecule has 1 aromatic rings. The molecule has 0 aliphatic rings. The van der Waals surface area contributed by atoms with Gasteiger partial charge in [-0.05, 0) is 0 Å². The van der Waals surface area contributed by atoms with Crippen LogP contribution in [-0.4, -0.2) is 22.3 Å². The molecular formula is C8H9ClO3. The highest BCUT2D eigenvalue weighted by Gasteiger charge is 2.11. The van der Waals surface area contributed by atoms with E-state index < -0.39 is 12.1 Å². The lowest BCUT2D eigenvalue weighted by Crippen LogP contribution is -2.18. The Morgan fingerprint density at radius 1 is 1.17 bits per heavy atom. The van der Waals surface area contributed by atoms with E-state index in [2.05, 4.69) is 0 Å². The van der Waals surface area contributed by atoms with Crippen LogP contribution in [0.4, 0.5) is 0 Å². The van der Waals surface area contributed by atoms with Crippen molar-refractivity contribution in [2.24, 2.45) is 0 Å². The largest absolute Gasteiger partial charge is 0.362 e. The molecule has 3 nitrogen and oxygen atoms in total. The predicted octanol–water partition coefficient (Wildman–Crippen LogP) is 0.602. The Kier molecular flexibility index (Phi) is 4.51. The molecule has 0 saturated carbocycles. The molecule has 0 saturated heterocycles. The minimum atomic E-state index is -1.91. The van der Waals surface area contributed by atoms with Gasteiger partial charge >= 0.3 is 0 Å². The average molecular weight is 189 g/mol. The molecule has 0 unspecified atom stereocenters. The van der Waals surface area contributed by atoms with Gasteiger partial charge in [-0.3, -0.25) is 4.79 Å². The van der Waals surface area contributed by atoms with Gasteiger partial charge < -0.3 is 10.2 Å². The highest BCUT2D eigenvalue weighted by molar-refractivity contribution is 5.98. The van der Waals surface area contributed by atoms with Crippen LogP contribution in [0.25, 0.3) is 0 Å². The van der Waals surface area contributed by atoms with E-state index in [0.717, 1.165) is 0 Å². The molecule has 2 N–H and O–H groups in total. The van der Waals surface area contributed by atoms with Crippen LogP contribution in [0.1, 0.15) is 10.4 Å². The van der Waals surface area contributed by atoms with E-state index in [1.807, 2.05) is 0 Å². The highest BCUT2D eigenvalue weighted by Crippen LogP contribution is 2.01. The molecule has 1 rings (SSSR count). The van der Waals surface area contributed by atoms with Crippen LogP contribution < -0.4 is 0 Å². The topological polar surface area (TPSA) is 57.5 Å². The maximum Gasteiger partial charge on any atom is 0.218 e. The minimum Gasteiger partial charge on any atom is -0.362 e. The SMILES string of the molecule is Cl.O=C(c1ccccc1)C(O)O. The Morgan fingerprint density at radius 3 is 2.08 bits per heavy atom. The van der Waals surface area contributed by atoms with Gasteiger partial charge in [0.2, 0.25) is 12.1 Å². The number of halogens is 1. The van der Waals surface area contributed by atoms with E-state index in [0.29, 0.717) is 5.56 Å². The number of carbonyl (C=O) groups is 1. The molecule has 0 atom stereocenters. The highest BCUT2D eigenvalue weighted by atomic mass is 35.5. The summed E-state index contributed by atoms with van der Waals surface area (Å²) in [6, 6.07) is 8.13. The van der Waals surface area contributed by atoms with Gasteiger partial charge in [0.15, 0.2) is 0 Å². The van der Waals surface area contributed by atoms with Crippen LogP contribution in [0, 0.1) is 0 Å². The molecule has 0 heterocycles. The smallest absolute Gasteiger partial charge is 0.218 e. The Hall–Kier alpha value is -0.900. The molecule has 0 spiro atoms. The van der Waals surface area contributed by atoms with E-state index in [1.165, 1.54) is 12.1 Å². The first-order valence-corrected chi connectivity index (χ1v) is 3.17. The molecule has 0 amide bonds. The van der Waals surface area contributed by atoms with E-state index in [4.69, 9.17) is 10.2 Å². The molecule has 0 bridgehead atoms. The van der Waals surface area contributed by atoms with Crippen LogP contribution in [0.3, 0.4) is 0 Å². The third-order valence-corrected chi connectivity index (χ3v) is 1.29. The number of aliphatic hydroxyl groups excluding tert-OH is 1. The third kappa shape index (κ3) is 2.62. The summed E-state index contributed by atoms with van der Waals surface area (Å²) in [7, 11) is 0. The van der Waals surface area contributed by atoms with Crippen LogP contribution in [0.2, 0.25) is 0 Å². The van der Waals surface area contributed by atoms with Crippen molar-refractivity contribution in [2.75, 3.05) is 0 Å². The summed E-state index contributed by atoms with van der Waals surface area (Å²) in [6.07, 6.45) is -1.91. The summed E-state index contributed by atoms with van der Waals surface area (Å²) in [5.74, 6) is -0.675. The van der Waals surface area contributed by atoms with Gasteiger partial charge in [0, 0.05) is 5.56 Å². The number of ketones is 1. The first-order chi connectivity index (χ1) is 5.22. The van der Waals surface area contributed by atoms with Crippen molar-refractivity contribution in [1.29, 1.82) is 0 Å². The molecule has 0 fully saturated rings. The van der Waals surface area contributed by atoms with Crippen LogP contribution in [0.5, 0.6) is 0 Å². The Bertz CT molecular complexity index is 246. The molecule has 12 heavy (non-hydrogen) atoms. The van der Waals surface area contributed by atoms with Crippen LogP contribution in [0.15, 0.2) is 30.3 Å². The second-order valence-electron chi connectivity index (χ2n) is 2.10. The van der Waals surface area contributed by atoms with Crippen molar-refractivity contribution >= 4 is 18.2 Å². The van der Waals surface area contributed by atoms with Gasteiger partial charge in [-0.25, -0.2) is 0 Å². The van der Waals surface area contributed by atoms with E-state index in [1.54, 1.807) is 18.2 Å². The van der Waals surface area contributed by atoms with Crippen LogP contribution >= 0.6 is 12.4 Å². The number of Topliss-reactive ketones (excluding diaryl/α,β-unsaturated/α-hetero) is 1. The second kappa shape index (κ2) is 4.87. The van der Waals surface area contributed by atoms with Gasteiger partial charge in [0.25, 0.3) is 0 Å². The summed E-state index contributed by atoms with van der Waals surface area (Å²) < 4.78 is 0. The molecular weight excluding hydrogens is 180 g/mol. The van der Waals surface area contributed by atoms with Gasteiger partial charge in [-0.2, -0.15) is 0 Å². The minimum absolute atomic E-state index is 0. The van der Waals surface area contributed by atoms with Crippen molar-refractivity contribution in [3.05, 3.63) is 35.9 Å². The monoisotopic (exact) mass is 188 g/mol. The van der Waals surface area contributed by atoms with Crippen molar-refractivity contribution in [1.82, 2.24) is 0 Å². The maximum atomic E-state index is 10.8. The number of hydrogen-bond donors (Lipinski definition) is 2. The molecule has 0 radical (unpaired) electrons. The fourth-order valence-electron chi connectivity index (χ4n) is 0.751. The fraction of sp³-hybridized carbons (Fsp3) is 0.125. The first kappa shape index (κ1) is 11.1. The lowest BCUT2D eigenvalue weighted by molar-refractivity contribution is -0.0195. The van der Waals surface area contributed by atoms with Crippen molar-refractivity contribution < 1.29 is 15.0 Å². The van der Waals surface area contributed by atoms with Crippen LogP contribution in [-0.2, 0) is 0 Å². The third-order valence-electron chi connectivity index (χ3n) is 1.29. The zero-order valence-electron chi connectivity index (χ0n) is 6.18. The van der Waals surface area contributed by atoms with Crippen molar-refractivity contribution in [3.63, 3.8) is 0 Å². The number of benzene rings is 1. The summed E-state index contributed by atoms with van der Waals surface area (Å²) >= 11 is 0. The average Bonchev–Trinajstić information content (AvgIpc) is 2.05. The lowest BCUT2D eigenvalue weighted by atomic mass is 10.1. The Morgan fingerprint density at radius 2 is 1.67 bits per heavy atom. The number of carbonyl (C=O) groups excluding carboxylic acids is 1. The van der Waals surface area contributed by atoms with Crippen molar-refractivity contribution in [2.45, 2.75) is 6.29 Å². The molecule has 4 heteroatoms. The van der Waals surface area contributed by atoms with E-state index >= 15 is 0 Å². The zero-order chi connectivity index (χ0) is 8.27. The first-order valence-electron chi connectivity index (χ1n) is 3.17. The Labute approximate surface area is 76.1 Å². The molecule has 0 aliphatic heterocycles. The Balaban J connectivity index is 0.00000121. The fourth-order valence-corrected chi connectivity index (χ4v) is 0.751. The molecule has 66 valence electrons. The quantitative estimate of drug-likeness (QED) is 0.528. The lowest BCUT2D eigenvalue weighted by Gasteiger charge is -2.00. The van der Waals surface area contributed by atoms with Crippen molar-refractivity contribution in [3.8, 4) is 0 Å². The maximum absolute atomic E-state index is 10.8. The summed E-state index contributed by atoms with van der Waals surface area (Å²) in [6.45, 7) is 0. The predicted molar refractivity (Wildman–Crippen MR) is 46.2 cm³/mol. The summed E-state index contributed by atoms with van der Waals surface area (Å²) in [4.78, 5) is 10.8. The molecule has 1 aromatic carbocycles. The second-order valence-corrected chi connectivity index (χ2v) is 2.10. The molecule has 0 aliphatic carbocycles. The number of hydrogen-bond acceptors (Lipinski definition) is 3. The van der Waals surface area contributed by atoms with E-state index in [9.17, 15) is 4.79 Å². The van der Waals surface area contributed by atoms with Gasteiger partial charge in [-0.1, -0.05) is 30.3 Å². The summed E-state index contributed by atoms with van der Waals surface area (Å²) in [5, 5.41) is 17.0. The standard InChI is InChI=1S/C8H8O3.ClH/c9-7(8(10)11)6-4-2-1-3-5-6;/h1-5,8,10-11H;1H. The van der Waals surface area contributed by atoms with E-state index in [-0.39, 0.29) is 12.4 Å². The van der Waals surface area contributed by atoms with Gasteiger partial charge in [-0.15, -0.1) is 12.4 Å². The zero-order valence-corrected chi connectivity index (χ0v) is 6.99. The van der Waals surface area contributed by atoms with Gasteiger partial charge in [0.1, 0.15) is 0 Å².